The number of methoxy groups -OCH3 is 2. The molecule has 0 saturated carbocycles. The van der Waals surface area contributed by atoms with Crippen LogP contribution in [0, 0.1) is 6.92 Å². The zero-order valence-corrected chi connectivity index (χ0v) is 11.2. The molecule has 0 saturated heterocycles. The summed E-state index contributed by atoms with van der Waals surface area (Å²) in [5.41, 5.74) is 4.68. The maximum atomic E-state index is 5.64. The predicted molar refractivity (Wildman–Crippen MR) is 68.9 cm³/mol. The van der Waals surface area contributed by atoms with E-state index in [9.17, 15) is 0 Å². The lowest BCUT2D eigenvalue weighted by Crippen LogP contribution is -2.44. The highest BCUT2D eigenvalue weighted by Gasteiger charge is 2.30. The fraction of sp³-hybridized carbons (Fsp3) is 0.538. The van der Waals surface area contributed by atoms with Gasteiger partial charge in [0.25, 0.3) is 0 Å². The number of hydrazine groups is 1. The number of ether oxygens (including phenoxy) is 2. The minimum atomic E-state index is -0.381. The summed E-state index contributed by atoms with van der Waals surface area (Å²) in [6.07, 6.45) is 0. The standard InChI is InChI=1S/C13H22N2O2/c1-9-8-10(16-4)6-7-11(9)12(15-14)13(2,3)17-5/h6-8,12,15H,14H2,1-5H3. The van der Waals surface area contributed by atoms with Gasteiger partial charge in [-0.1, -0.05) is 6.07 Å². The van der Waals surface area contributed by atoms with Crippen LogP contribution < -0.4 is 16.0 Å². The average Bonchev–Trinajstić information content (AvgIpc) is 2.31. The van der Waals surface area contributed by atoms with E-state index in [1.54, 1.807) is 14.2 Å². The van der Waals surface area contributed by atoms with E-state index in [1.165, 1.54) is 0 Å². The van der Waals surface area contributed by atoms with Gasteiger partial charge in [-0.25, -0.2) is 0 Å². The molecule has 1 atom stereocenters. The number of nitrogens with one attached hydrogen (secondary N) is 1. The third-order valence-corrected chi connectivity index (χ3v) is 3.18. The quantitative estimate of drug-likeness (QED) is 0.608. The molecule has 4 heteroatoms. The zero-order valence-electron chi connectivity index (χ0n) is 11.2. The number of benzene rings is 1. The number of aryl methyl sites for hydroxylation is 1. The average molecular weight is 238 g/mol. The third-order valence-electron chi connectivity index (χ3n) is 3.18. The van der Waals surface area contributed by atoms with Gasteiger partial charge in [0.05, 0.1) is 18.8 Å². The molecule has 0 spiro atoms. The second-order valence-corrected chi connectivity index (χ2v) is 4.63. The van der Waals surface area contributed by atoms with Crippen molar-refractivity contribution in [1.29, 1.82) is 0 Å². The van der Waals surface area contributed by atoms with E-state index in [-0.39, 0.29) is 11.6 Å². The highest BCUT2D eigenvalue weighted by molar-refractivity contribution is 5.37. The Hall–Kier alpha value is -1.10. The van der Waals surface area contributed by atoms with Gasteiger partial charge in [0, 0.05) is 7.11 Å². The Morgan fingerprint density at radius 1 is 1.29 bits per heavy atom. The first-order chi connectivity index (χ1) is 7.96. The molecule has 0 amide bonds. The highest BCUT2D eigenvalue weighted by Crippen LogP contribution is 2.31. The van der Waals surface area contributed by atoms with E-state index < -0.39 is 0 Å². The van der Waals surface area contributed by atoms with Crippen molar-refractivity contribution in [3.8, 4) is 5.75 Å². The largest absolute Gasteiger partial charge is 0.497 e. The SMILES string of the molecule is COc1ccc(C(NN)C(C)(C)OC)c(C)c1. The molecule has 0 radical (unpaired) electrons. The molecule has 0 bridgehead atoms. The summed E-state index contributed by atoms with van der Waals surface area (Å²) in [7, 11) is 3.34. The number of hydrogen-bond donors (Lipinski definition) is 2. The van der Waals surface area contributed by atoms with Crippen molar-refractivity contribution in [2.24, 2.45) is 5.84 Å². The lowest BCUT2D eigenvalue weighted by atomic mass is 9.89. The van der Waals surface area contributed by atoms with Gasteiger partial charge < -0.3 is 9.47 Å². The fourth-order valence-corrected chi connectivity index (χ4v) is 1.88. The lowest BCUT2D eigenvalue weighted by Gasteiger charge is -2.33. The van der Waals surface area contributed by atoms with E-state index in [0.717, 1.165) is 16.9 Å². The summed E-state index contributed by atoms with van der Waals surface area (Å²) >= 11 is 0. The second kappa shape index (κ2) is 5.49. The van der Waals surface area contributed by atoms with Gasteiger partial charge >= 0.3 is 0 Å². The van der Waals surface area contributed by atoms with Crippen molar-refractivity contribution < 1.29 is 9.47 Å². The second-order valence-electron chi connectivity index (χ2n) is 4.63. The van der Waals surface area contributed by atoms with Crippen molar-refractivity contribution in [3.05, 3.63) is 29.3 Å². The summed E-state index contributed by atoms with van der Waals surface area (Å²) in [5.74, 6) is 6.49. The van der Waals surface area contributed by atoms with Crippen LogP contribution in [0.1, 0.15) is 31.0 Å². The van der Waals surface area contributed by atoms with Crippen LogP contribution in [0.4, 0.5) is 0 Å². The molecule has 1 aromatic rings. The van der Waals surface area contributed by atoms with Gasteiger partial charge in [-0.3, -0.25) is 11.3 Å². The Morgan fingerprint density at radius 2 is 1.94 bits per heavy atom. The summed E-state index contributed by atoms with van der Waals surface area (Å²) in [6.45, 7) is 6.04. The smallest absolute Gasteiger partial charge is 0.119 e. The fourth-order valence-electron chi connectivity index (χ4n) is 1.88. The third kappa shape index (κ3) is 2.97. The Kier molecular flexibility index (Phi) is 4.51. The van der Waals surface area contributed by atoms with E-state index in [2.05, 4.69) is 5.43 Å². The van der Waals surface area contributed by atoms with Crippen molar-refractivity contribution >= 4 is 0 Å². The maximum Gasteiger partial charge on any atom is 0.119 e. The first-order valence-corrected chi connectivity index (χ1v) is 5.62. The summed E-state index contributed by atoms with van der Waals surface area (Å²) in [6, 6.07) is 5.86. The lowest BCUT2D eigenvalue weighted by molar-refractivity contribution is -0.0113. The van der Waals surface area contributed by atoms with Crippen LogP contribution in [-0.2, 0) is 4.74 Å². The Labute approximate surface area is 103 Å². The molecular formula is C13H22N2O2. The number of nitrogens with two attached hydrogens (primary N) is 1. The summed E-state index contributed by atoms with van der Waals surface area (Å²) in [4.78, 5) is 0. The molecule has 0 aromatic heterocycles. The molecule has 3 N–H and O–H groups in total. The van der Waals surface area contributed by atoms with Crippen molar-refractivity contribution in [1.82, 2.24) is 5.43 Å². The minimum absolute atomic E-state index is 0.0709. The van der Waals surface area contributed by atoms with Crippen LogP contribution in [0.2, 0.25) is 0 Å². The summed E-state index contributed by atoms with van der Waals surface area (Å²) < 4.78 is 10.7. The molecule has 0 heterocycles. The highest BCUT2D eigenvalue weighted by atomic mass is 16.5. The van der Waals surface area contributed by atoms with Gasteiger partial charge in [0.1, 0.15) is 5.75 Å². The van der Waals surface area contributed by atoms with Crippen LogP contribution >= 0.6 is 0 Å². The molecule has 0 fully saturated rings. The molecule has 96 valence electrons. The topological polar surface area (TPSA) is 56.5 Å². The van der Waals surface area contributed by atoms with E-state index in [4.69, 9.17) is 15.3 Å². The van der Waals surface area contributed by atoms with Crippen molar-refractivity contribution in [2.45, 2.75) is 32.4 Å². The van der Waals surface area contributed by atoms with E-state index in [1.807, 2.05) is 39.0 Å². The Morgan fingerprint density at radius 3 is 2.35 bits per heavy atom. The maximum absolute atomic E-state index is 5.64. The monoisotopic (exact) mass is 238 g/mol. The normalized spacial score (nSPS) is 13.5. The molecule has 17 heavy (non-hydrogen) atoms. The van der Waals surface area contributed by atoms with Crippen molar-refractivity contribution in [3.63, 3.8) is 0 Å². The van der Waals surface area contributed by atoms with Crippen LogP contribution in [0.3, 0.4) is 0 Å². The molecule has 0 aliphatic heterocycles. The molecule has 1 unspecified atom stereocenters. The van der Waals surface area contributed by atoms with Gasteiger partial charge in [-0.2, -0.15) is 0 Å². The predicted octanol–water partition coefficient (Wildman–Crippen LogP) is 1.93. The van der Waals surface area contributed by atoms with Crippen molar-refractivity contribution in [2.75, 3.05) is 14.2 Å². The Bertz CT molecular complexity index is 378. The first kappa shape index (κ1) is 14.0. The van der Waals surface area contributed by atoms with Crippen LogP contribution in [0.25, 0.3) is 0 Å². The Balaban J connectivity index is 3.13. The van der Waals surface area contributed by atoms with E-state index >= 15 is 0 Å². The van der Waals surface area contributed by atoms with E-state index in [0.29, 0.717) is 0 Å². The van der Waals surface area contributed by atoms with Gasteiger partial charge in [-0.05, 0) is 44.0 Å². The summed E-state index contributed by atoms with van der Waals surface area (Å²) in [5, 5.41) is 0. The van der Waals surface area contributed by atoms with Crippen LogP contribution in [0.5, 0.6) is 5.75 Å². The van der Waals surface area contributed by atoms with Gasteiger partial charge in [0.15, 0.2) is 0 Å². The molecule has 0 aliphatic carbocycles. The molecule has 4 nitrogen and oxygen atoms in total. The van der Waals surface area contributed by atoms with Crippen LogP contribution in [0.15, 0.2) is 18.2 Å². The minimum Gasteiger partial charge on any atom is -0.497 e. The molecule has 1 rings (SSSR count). The molecule has 1 aromatic carbocycles. The molecular weight excluding hydrogens is 216 g/mol. The zero-order chi connectivity index (χ0) is 13.1. The van der Waals surface area contributed by atoms with Crippen LogP contribution in [-0.4, -0.2) is 19.8 Å². The number of hydrogen-bond acceptors (Lipinski definition) is 4. The molecule has 0 aliphatic rings. The first-order valence-electron chi connectivity index (χ1n) is 5.62. The van der Waals surface area contributed by atoms with Gasteiger partial charge in [0.2, 0.25) is 0 Å². The number of rotatable bonds is 5. The van der Waals surface area contributed by atoms with Gasteiger partial charge in [-0.15, -0.1) is 0 Å².